The van der Waals surface area contributed by atoms with E-state index in [1.54, 1.807) is 18.2 Å². The Morgan fingerprint density at radius 1 is 1.31 bits per heavy atom. The van der Waals surface area contributed by atoms with Gasteiger partial charge in [-0.15, -0.1) is 0 Å². The van der Waals surface area contributed by atoms with Crippen molar-refractivity contribution < 1.29 is 8.42 Å². The zero-order chi connectivity index (χ0) is 11.9. The third-order valence-corrected chi connectivity index (χ3v) is 3.56. The van der Waals surface area contributed by atoms with Crippen LogP contribution in [0.3, 0.4) is 0 Å². The van der Waals surface area contributed by atoms with E-state index in [0.717, 1.165) is 11.3 Å². The molecule has 0 radical (unpaired) electrons. The van der Waals surface area contributed by atoms with E-state index in [4.69, 9.17) is 0 Å². The van der Waals surface area contributed by atoms with Crippen LogP contribution >= 0.6 is 0 Å². The molecule has 2 aromatic rings. The summed E-state index contributed by atoms with van der Waals surface area (Å²) in [5.41, 5.74) is 1.57. The van der Waals surface area contributed by atoms with Crippen LogP contribution in [0.4, 0.5) is 0 Å². The number of rotatable bonds is 2. The standard InChI is InChI=1S/C11H14N2O2S/c1-7(2)11-12-9-5-4-8(16(3,14)15)6-10(9)13-11/h4-7H,1-3H3,(H,12,13). The maximum atomic E-state index is 11.4. The summed E-state index contributed by atoms with van der Waals surface area (Å²) in [6, 6.07) is 4.96. The third kappa shape index (κ3) is 1.95. The smallest absolute Gasteiger partial charge is 0.175 e. The normalized spacial score (nSPS) is 12.5. The highest BCUT2D eigenvalue weighted by atomic mass is 32.2. The molecule has 1 N–H and O–H groups in total. The van der Waals surface area contributed by atoms with Crippen molar-refractivity contribution in [2.45, 2.75) is 24.7 Å². The molecule has 0 amide bonds. The van der Waals surface area contributed by atoms with Crippen LogP contribution in [0.1, 0.15) is 25.6 Å². The minimum Gasteiger partial charge on any atom is -0.342 e. The molecule has 1 aromatic carbocycles. The van der Waals surface area contributed by atoms with Crippen molar-refractivity contribution in [3.8, 4) is 0 Å². The van der Waals surface area contributed by atoms with Gasteiger partial charge in [-0.2, -0.15) is 0 Å². The van der Waals surface area contributed by atoms with Gasteiger partial charge in [0, 0.05) is 12.2 Å². The van der Waals surface area contributed by atoms with Crippen molar-refractivity contribution in [2.75, 3.05) is 6.26 Å². The molecule has 16 heavy (non-hydrogen) atoms. The maximum absolute atomic E-state index is 11.4. The van der Waals surface area contributed by atoms with E-state index in [9.17, 15) is 8.42 Å². The fraction of sp³-hybridized carbons (Fsp3) is 0.364. The molecule has 0 saturated heterocycles. The van der Waals surface area contributed by atoms with Crippen LogP contribution in [0.25, 0.3) is 11.0 Å². The van der Waals surface area contributed by atoms with Crippen molar-refractivity contribution in [3.63, 3.8) is 0 Å². The first-order valence-electron chi connectivity index (χ1n) is 5.07. The summed E-state index contributed by atoms with van der Waals surface area (Å²) in [4.78, 5) is 7.84. The summed E-state index contributed by atoms with van der Waals surface area (Å²) in [6.07, 6.45) is 1.20. The molecule has 1 aromatic heterocycles. The Hall–Kier alpha value is -1.36. The molecule has 5 heteroatoms. The van der Waals surface area contributed by atoms with Crippen molar-refractivity contribution >= 4 is 20.9 Å². The lowest BCUT2D eigenvalue weighted by Gasteiger charge is -1.96. The molecule has 0 aliphatic carbocycles. The van der Waals surface area contributed by atoms with Crippen LogP contribution in [0.5, 0.6) is 0 Å². The number of nitrogens with zero attached hydrogens (tertiary/aromatic N) is 1. The molecule has 1 heterocycles. The fourth-order valence-corrected chi connectivity index (χ4v) is 2.15. The van der Waals surface area contributed by atoms with Gasteiger partial charge in [-0.3, -0.25) is 0 Å². The summed E-state index contributed by atoms with van der Waals surface area (Å²) in [7, 11) is -3.16. The molecule has 0 spiro atoms. The molecule has 0 unspecified atom stereocenters. The molecule has 2 rings (SSSR count). The second-order valence-electron chi connectivity index (χ2n) is 4.23. The zero-order valence-electron chi connectivity index (χ0n) is 9.48. The summed E-state index contributed by atoms with van der Waals surface area (Å²) in [6.45, 7) is 4.07. The van der Waals surface area contributed by atoms with E-state index in [-0.39, 0.29) is 0 Å². The van der Waals surface area contributed by atoms with Crippen molar-refractivity contribution in [3.05, 3.63) is 24.0 Å². The molecule has 0 saturated carbocycles. The van der Waals surface area contributed by atoms with Crippen LogP contribution in [0.15, 0.2) is 23.1 Å². The topological polar surface area (TPSA) is 62.8 Å². The first kappa shape index (κ1) is 11.1. The van der Waals surface area contributed by atoms with Crippen molar-refractivity contribution in [1.82, 2.24) is 9.97 Å². The number of hydrogen-bond acceptors (Lipinski definition) is 3. The van der Waals surface area contributed by atoms with E-state index in [2.05, 4.69) is 9.97 Å². The lowest BCUT2D eigenvalue weighted by molar-refractivity contribution is 0.602. The van der Waals surface area contributed by atoms with Gasteiger partial charge in [-0.05, 0) is 18.2 Å². The van der Waals surface area contributed by atoms with Crippen LogP contribution in [-0.2, 0) is 9.84 Å². The number of aromatic amines is 1. The van der Waals surface area contributed by atoms with E-state index < -0.39 is 9.84 Å². The van der Waals surface area contributed by atoms with Gasteiger partial charge >= 0.3 is 0 Å². The second kappa shape index (κ2) is 3.59. The predicted octanol–water partition coefficient (Wildman–Crippen LogP) is 2.09. The number of aromatic nitrogens is 2. The van der Waals surface area contributed by atoms with Gasteiger partial charge in [0.2, 0.25) is 0 Å². The van der Waals surface area contributed by atoms with Crippen LogP contribution in [0.2, 0.25) is 0 Å². The van der Waals surface area contributed by atoms with Gasteiger partial charge in [-0.1, -0.05) is 13.8 Å². The average molecular weight is 238 g/mol. The Morgan fingerprint density at radius 2 is 2.00 bits per heavy atom. The number of fused-ring (bicyclic) bond motifs is 1. The fourth-order valence-electron chi connectivity index (χ4n) is 1.51. The number of nitrogens with one attached hydrogen (secondary N) is 1. The Labute approximate surface area is 94.6 Å². The highest BCUT2D eigenvalue weighted by Crippen LogP contribution is 2.20. The number of hydrogen-bond donors (Lipinski definition) is 1. The lowest BCUT2D eigenvalue weighted by atomic mass is 10.2. The summed E-state index contributed by atoms with van der Waals surface area (Å²) >= 11 is 0. The SMILES string of the molecule is CC(C)c1nc2cc(S(C)(=O)=O)ccc2[nH]1. The van der Waals surface area contributed by atoms with Gasteiger partial charge in [0.25, 0.3) is 0 Å². The first-order chi connectivity index (χ1) is 7.38. The molecule has 0 bridgehead atoms. The van der Waals surface area contributed by atoms with Crippen molar-refractivity contribution in [1.29, 1.82) is 0 Å². The largest absolute Gasteiger partial charge is 0.342 e. The monoisotopic (exact) mass is 238 g/mol. The number of imidazole rings is 1. The second-order valence-corrected chi connectivity index (χ2v) is 6.24. The van der Waals surface area contributed by atoms with Gasteiger partial charge < -0.3 is 4.98 Å². The molecular weight excluding hydrogens is 224 g/mol. The van der Waals surface area contributed by atoms with Gasteiger partial charge in [-0.25, -0.2) is 13.4 Å². The van der Waals surface area contributed by atoms with Crippen molar-refractivity contribution in [2.24, 2.45) is 0 Å². The van der Waals surface area contributed by atoms with E-state index >= 15 is 0 Å². The number of benzene rings is 1. The van der Waals surface area contributed by atoms with Gasteiger partial charge in [0.1, 0.15) is 5.82 Å². The molecule has 0 aliphatic heterocycles. The minimum absolute atomic E-state index is 0.300. The molecule has 4 nitrogen and oxygen atoms in total. The van der Waals surface area contributed by atoms with Gasteiger partial charge in [0.15, 0.2) is 9.84 Å². The quantitative estimate of drug-likeness (QED) is 0.871. The van der Waals surface area contributed by atoms with E-state index in [0.29, 0.717) is 16.3 Å². The molecule has 86 valence electrons. The molecule has 0 fully saturated rings. The predicted molar refractivity (Wildman–Crippen MR) is 63.3 cm³/mol. The minimum atomic E-state index is -3.16. The number of H-pyrrole nitrogens is 1. The van der Waals surface area contributed by atoms with Gasteiger partial charge in [0.05, 0.1) is 15.9 Å². The third-order valence-electron chi connectivity index (χ3n) is 2.45. The zero-order valence-corrected chi connectivity index (χ0v) is 10.3. The number of sulfone groups is 1. The summed E-state index contributed by atoms with van der Waals surface area (Å²) in [5, 5.41) is 0. The van der Waals surface area contributed by atoms with Crippen LogP contribution in [-0.4, -0.2) is 24.6 Å². The average Bonchev–Trinajstić information content (AvgIpc) is 2.58. The van der Waals surface area contributed by atoms with Crippen LogP contribution in [0, 0.1) is 0 Å². The Kier molecular flexibility index (Phi) is 2.50. The first-order valence-corrected chi connectivity index (χ1v) is 6.97. The Bertz CT molecular complexity index is 626. The molecule has 0 aliphatic rings. The lowest BCUT2D eigenvalue weighted by Crippen LogP contribution is -1.96. The maximum Gasteiger partial charge on any atom is 0.175 e. The Balaban J connectivity index is 2.63. The summed E-state index contributed by atoms with van der Waals surface area (Å²) in [5.74, 6) is 1.18. The van der Waals surface area contributed by atoms with Crippen LogP contribution < -0.4 is 0 Å². The Morgan fingerprint density at radius 3 is 2.56 bits per heavy atom. The summed E-state index contributed by atoms with van der Waals surface area (Å²) < 4.78 is 22.8. The van der Waals surface area contributed by atoms with E-state index in [1.165, 1.54) is 6.26 Å². The molecular formula is C11H14N2O2S. The molecule has 0 atom stereocenters. The van der Waals surface area contributed by atoms with E-state index in [1.807, 2.05) is 13.8 Å². The highest BCUT2D eigenvalue weighted by molar-refractivity contribution is 7.90. The highest BCUT2D eigenvalue weighted by Gasteiger charge is 2.11.